The van der Waals surface area contributed by atoms with Gasteiger partial charge in [-0.1, -0.05) is 30.3 Å². The quantitative estimate of drug-likeness (QED) is 0.528. The lowest BCUT2D eigenvalue weighted by Crippen LogP contribution is -2.14. The molecule has 0 bridgehead atoms. The smallest absolute Gasteiger partial charge is 0.161 e. The van der Waals surface area contributed by atoms with Crippen LogP contribution in [0.15, 0.2) is 48.5 Å². The predicted octanol–water partition coefficient (Wildman–Crippen LogP) is 1.49. The molecule has 0 aliphatic heterocycles. The molecule has 1 aromatic heterocycles. The van der Waals surface area contributed by atoms with Crippen LogP contribution >= 0.6 is 0 Å². The standard InChI is InChI=1S/C14H10BN/c15-14-10-11-6-4-5-9-13(11)16(14)12-7-2-1-3-8-12/h1-3,5,7-10H,15H2. The Morgan fingerprint density at radius 3 is 2.69 bits per heavy atom. The second-order valence-electron chi connectivity index (χ2n) is 3.86. The van der Waals surface area contributed by atoms with Crippen molar-refractivity contribution in [3.63, 3.8) is 0 Å². The van der Waals surface area contributed by atoms with Crippen LogP contribution < -0.4 is 5.59 Å². The van der Waals surface area contributed by atoms with Gasteiger partial charge < -0.3 is 4.57 Å². The van der Waals surface area contributed by atoms with Crippen molar-refractivity contribution < 1.29 is 0 Å². The van der Waals surface area contributed by atoms with Gasteiger partial charge in [0.2, 0.25) is 0 Å². The summed E-state index contributed by atoms with van der Waals surface area (Å²) >= 11 is 0. The molecule has 3 rings (SSSR count). The highest BCUT2D eigenvalue weighted by Gasteiger charge is 2.05. The van der Waals surface area contributed by atoms with E-state index >= 15 is 0 Å². The summed E-state index contributed by atoms with van der Waals surface area (Å²) in [6, 6.07) is 22.6. The lowest BCUT2D eigenvalue weighted by molar-refractivity contribution is 1.17. The number of benzene rings is 1. The van der Waals surface area contributed by atoms with Crippen LogP contribution in [0.4, 0.5) is 0 Å². The maximum Gasteiger partial charge on any atom is 0.161 e. The fraction of sp³-hybridized carbons (Fsp3) is 0. The molecule has 0 aliphatic carbocycles. The van der Waals surface area contributed by atoms with Crippen LogP contribution in [0.2, 0.25) is 0 Å². The van der Waals surface area contributed by atoms with E-state index in [1.54, 1.807) is 0 Å². The van der Waals surface area contributed by atoms with Crippen molar-refractivity contribution >= 4 is 24.3 Å². The van der Waals surface area contributed by atoms with Crippen molar-refractivity contribution in [3.8, 4) is 5.69 Å². The van der Waals surface area contributed by atoms with Gasteiger partial charge in [-0.2, -0.15) is 0 Å². The summed E-state index contributed by atoms with van der Waals surface area (Å²) in [5.74, 6) is 0. The van der Waals surface area contributed by atoms with Crippen molar-refractivity contribution in [2.24, 2.45) is 0 Å². The second-order valence-corrected chi connectivity index (χ2v) is 3.86. The summed E-state index contributed by atoms with van der Waals surface area (Å²) in [5.41, 5.74) is 3.59. The van der Waals surface area contributed by atoms with Gasteiger partial charge in [0.15, 0.2) is 7.85 Å². The third-order valence-electron chi connectivity index (χ3n) is 2.77. The van der Waals surface area contributed by atoms with Crippen molar-refractivity contribution in [1.82, 2.24) is 4.57 Å². The van der Waals surface area contributed by atoms with E-state index in [9.17, 15) is 0 Å². The van der Waals surface area contributed by atoms with Gasteiger partial charge in [0.25, 0.3) is 0 Å². The van der Waals surface area contributed by atoms with Gasteiger partial charge in [-0.05, 0) is 35.9 Å². The summed E-state index contributed by atoms with van der Waals surface area (Å²) in [4.78, 5) is 0. The molecule has 2 heteroatoms. The molecule has 0 spiro atoms. The monoisotopic (exact) mass is 203 g/mol. The first-order valence-corrected chi connectivity index (χ1v) is 5.32. The molecule has 0 saturated heterocycles. The minimum Gasteiger partial charge on any atom is -0.323 e. The number of fused-ring (bicyclic) bond motifs is 1. The molecule has 0 saturated carbocycles. The highest BCUT2D eigenvalue weighted by atomic mass is 15.0. The van der Waals surface area contributed by atoms with Gasteiger partial charge in [-0.25, -0.2) is 0 Å². The average molecular weight is 203 g/mol. The Labute approximate surface area is 95.7 Å². The minimum absolute atomic E-state index is 1.11. The molecule has 0 N–H and O–H groups in total. The molecule has 3 aromatic rings. The number of hydrogen-bond acceptors (Lipinski definition) is 0. The molecule has 0 unspecified atom stereocenters. The van der Waals surface area contributed by atoms with Crippen LogP contribution in [-0.4, -0.2) is 12.4 Å². The molecule has 74 valence electrons. The third kappa shape index (κ3) is 1.30. The van der Waals surface area contributed by atoms with Gasteiger partial charge in [0.1, 0.15) is 0 Å². The van der Waals surface area contributed by atoms with Crippen molar-refractivity contribution in [1.29, 1.82) is 0 Å². The van der Waals surface area contributed by atoms with E-state index in [-0.39, 0.29) is 0 Å². The maximum absolute atomic E-state index is 3.14. The molecule has 1 nitrogen and oxygen atoms in total. The van der Waals surface area contributed by atoms with Crippen LogP contribution in [0.25, 0.3) is 16.6 Å². The fourth-order valence-corrected chi connectivity index (χ4v) is 2.08. The zero-order valence-corrected chi connectivity index (χ0v) is 9.07. The van der Waals surface area contributed by atoms with Crippen LogP contribution in [0.5, 0.6) is 0 Å². The van der Waals surface area contributed by atoms with Crippen LogP contribution in [0.3, 0.4) is 0 Å². The normalized spacial score (nSPS) is 10.2. The average Bonchev–Trinajstić information content (AvgIpc) is 2.66. The first kappa shape index (κ1) is 9.12. The Morgan fingerprint density at radius 1 is 1.06 bits per heavy atom. The van der Waals surface area contributed by atoms with E-state index in [0.717, 1.165) is 5.39 Å². The molecule has 2 aromatic carbocycles. The van der Waals surface area contributed by atoms with Gasteiger partial charge in [0.05, 0.1) is 5.52 Å². The first-order valence-electron chi connectivity index (χ1n) is 5.32. The minimum atomic E-state index is 1.11. The number of nitrogens with zero attached hydrogens (tertiary/aromatic N) is 1. The van der Waals surface area contributed by atoms with Gasteiger partial charge >= 0.3 is 0 Å². The van der Waals surface area contributed by atoms with E-state index < -0.39 is 0 Å². The second kappa shape index (κ2) is 3.46. The predicted molar refractivity (Wildman–Crippen MR) is 69.1 cm³/mol. The molecule has 1 heterocycles. The Balaban J connectivity index is 2.35. The Kier molecular flexibility index (Phi) is 1.97. The molecule has 0 atom stereocenters. The largest absolute Gasteiger partial charge is 0.323 e. The SMILES string of the molecule is Bc1cc2c#cccc2n1-c1ccccc1. The molecule has 0 fully saturated rings. The van der Waals surface area contributed by atoms with E-state index in [2.05, 4.69) is 60.9 Å². The van der Waals surface area contributed by atoms with Crippen molar-refractivity contribution in [3.05, 3.63) is 60.7 Å². The molecule has 0 aliphatic rings. The van der Waals surface area contributed by atoms with Crippen molar-refractivity contribution in [2.45, 2.75) is 0 Å². The fourth-order valence-electron chi connectivity index (χ4n) is 2.08. The zero-order valence-electron chi connectivity index (χ0n) is 9.07. The molecular formula is C14H10BN. The van der Waals surface area contributed by atoms with E-state index in [0.29, 0.717) is 0 Å². The Morgan fingerprint density at radius 2 is 1.88 bits per heavy atom. The molecule has 0 radical (unpaired) electrons. The highest BCUT2D eigenvalue weighted by Crippen LogP contribution is 2.16. The lowest BCUT2D eigenvalue weighted by Gasteiger charge is -2.07. The van der Waals surface area contributed by atoms with Gasteiger partial charge in [-0.3, -0.25) is 0 Å². The molecule has 0 amide bonds. The number of para-hydroxylation sites is 1. The van der Waals surface area contributed by atoms with Crippen LogP contribution in [0, 0.1) is 12.1 Å². The molecule has 16 heavy (non-hydrogen) atoms. The summed E-state index contributed by atoms with van der Waals surface area (Å²) in [7, 11) is 2.11. The summed E-state index contributed by atoms with van der Waals surface area (Å²) in [6.07, 6.45) is 0. The Hall–Kier alpha value is -2.14. The molecular weight excluding hydrogens is 193 g/mol. The van der Waals surface area contributed by atoms with Crippen LogP contribution in [-0.2, 0) is 0 Å². The van der Waals surface area contributed by atoms with E-state index in [1.165, 1.54) is 16.8 Å². The third-order valence-corrected chi connectivity index (χ3v) is 2.77. The number of hydrogen-bond donors (Lipinski definition) is 0. The number of aromatic nitrogens is 1. The summed E-state index contributed by atoms with van der Waals surface area (Å²) < 4.78 is 2.24. The maximum atomic E-state index is 3.14. The summed E-state index contributed by atoms with van der Waals surface area (Å²) in [6.45, 7) is 0. The Bertz CT molecular complexity index is 626. The lowest BCUT2D eigenvalue weighted by atomic mass is 10.0. The van der Waals surface area contributed by atoms with Gasteiger partial charge in [-0.15, -0.1) is 0 Å². The van der Waals surface area contributed by atoms with Crippen LogP contribution in [0.1, 0.15) is 0 Å². The van der Waals surface area contributed by atoms with Crippen molar-refractivity contribution in [2.75, 3.05) is 0 Å². The topological polar surface area (TPSA) is 4.93 Å². The summed E-state index contributed by atoms with van der Waals surface area (Å²) in [5, 5.41) is 1.11. The number of rotatable bonds is 1. The van der Waals surface area contributed by atoms with E-state index in [4.69, 9.17) is 0 Å². The first-order chi connectivity index (χ1) is 7.86. The van der Waals surface area contributed by atoms with Gasteiger partial charge in [0, 0.05) is 11.1 Å². The van der Waals surface area contributed by atoms with E-state index in [1.807, 2.05) is 12.1 Å². The zero-order chi connectivity index (χ0) is 11.0. The highest BCUT2D eigenvalue weighted by molar-refractivity contribution is 6.33.